The van der Waals surface area contributed by atoms with E-state index in [0.717, 1.165) is 56.3 Å². The van der Waals surface area contributed by atoms with E-state index in [4.69, 9.17) is 19.2 Å². The minimum absolute atomic E-state index is 0.00256. The summed E-state index contributed by atoms with van der Waals surface area (Å²) >= 11 is 1.71. The standard InChI is InChI=1S/C55H65IN10O7S/c1-37-50(74-36-61-37)40-12-10-39(11-13-40)30-60-53(69)48-27-47(67)34-66(48)54(70)51(55(2,3)4)62-49(68)16-20-71-21-22-72-23-24-73-35-46-33-65(64-63-46)19-6-18-58-52-41(26-45(32-59-52)43-7-5-17-57-31-43)14-8-38-9-15-42-28-56-29-44(42)25-38/h5,7-15,17,25-26,28,31-33,36,47-48,51,67H,6,16,18-24,27,29-30,34-35H2,1-4H3,(H,58,59)(H,60,69)(H,62,68)/b14-8+/t47-,48+,51-/m1/s1. The van der Waals surface area contributed by atoms with Crippen molar-refractivity contribution in [3.63, 3.8) is 0 Å². The molecule has 2 aliphatic heterocycles. The first kappa shape index (κ1) is 54.2. The Morgan fingerprint density at radius 1 is 0.946 bits per heavy atom. The van der Waals surface area contributed by atoms with Gasteiger partial charge in [0.05, 0.1) is 68.0 Å². The van der Waals surface area contributed by atoms with Crippen molar-refractivity contribution in [2.45, 2.75) is 89.3 Å². The highest BCUT2D eigenvalue weighted by atomic mass is 127. The number of likely N-dealkylation sites (tertiary alicyclic amines) is 1. The quantitative estimate of drug-likeness (QED) is 0.0254. The smallest absolute Gasteiger partial charge is 0.246 e. The van der Waals surface area contributed by atoms with Gasteiger partial charge >= 0.3 is 0 Å². The number of carbonyl (C=O) groups is 3. The molecule has 6 heterocycles. The van der Waals surface area contributed by atoms with E-state index in [1.807, 2.05) is 92.9 Å². The average molecular weight is 1140 g/mol. The van der Waals surface area contributed by atoms with Crippen molar-refractivity contribution in [2.24, 2.45) is 5.41 Å². The van der Waals surface area contributed by atoms with Gasteiger partial charge in [-0.3, -0.25) is 24.0 Å². The molecule has 4 aromatic heterocycles. The molecule has 74 heavy (non-hydrogen) atoms. The zero-order chi connectivity index (χ0) is 51.9. The van der Waals surface area contributed by atoms with Gasteiger partial charge in [0.25, 0.3) is 0 Å². The molecule has 1 saturated heterocycles. The van der Waals surface area contributed by atoms with E-state index < -0.39 is 29.5 Å². The summed E-state index contributed by atoms with van der Waals surface area (Å²) in [5.41, 5.74) is 11.8. The maximum atomic E-state index is 14.0. The van der Waals surface area contributed by atoms with Crippen LogP contribution in [-0.4, -0.2) is 126 Å². The Kier molecular flexibility index (Phi) is 19.3. The molecule has 0 aliphatic carbocycles. The molecular formula is C55H65IN10O7S. The third-order valence-corrected chi connectivity index (χ3v) is 15.9. The Morgan fingerprint density at radius 3 is 2.53 bits per heavy atom. The van der Waals surface area contributed by atoms with Crippen LogP contribution in [0.25, 0.3) is 33.7 Å². The van der Waals surface area contributed by atoms with Crippen LogP contribution in [0.15, 0.2) is 91.0 Å². The maximum Gasteiger partial charge on any atom is 0.246 e. The lowest BCUT2D eigenvalue weighted by Crippen LogP contribution is -2.57. The summed E-state index contributed by atoms with van der Waals surface area (Å²) in [7, 11) is 0. The number of β-amino-alcohol motifs (C(OH)–C–C–N with tert-alkyl or cyclic N) is 1. The van der Waals surface area contributed by atoms with Crippen LogP contribution in [0.2, 0.25) is 0 Å². The molecule has 0 unspecified atom stereocenters. The number of ether oxygens (including phenoxy) is 3. The van der Waals surface area contributed by atoms with Crippen LogP contribution in [0.5, 0.6) is 0 Å². The van der Waals surface area contributed by atoms with Crippen molar-refractivity contribution < 1.29 is 33.7 Å². The second-order valence-electron chi connectivity index (χ2n) is 19.3. The molecule has 2 aromatic carbocycles. The van der Waals surface area contributed by atoms with E-state index in [0.29, 0.717) is 39.5 Å². The molecule has 4 N–H and O–H groups in total. The number of pyridine rings is 2. The molecule has 0 bridgehead atoms. The molecule has 3 atom stereocenters. The van der Waals surface area contributed by atoms with Gasteiger partial charge in [0.2, 0.25) is 17.7 Å². The maximum absolute atomic E-state index is 14.0. The number of thiazole rings is 1. The van der Waals surface area contributed by atoms with Gasteiger partial charge in [0, 0.05) is 78.7 Å². The Labute approximate surface area is 446 Å². The monoisotopic (exact) mass is 1140 g/mol. The van der Waals surface area contributed by atoms with Gasteiger partial charge < -0.3 is 40.2 Å². The largest absolute Gasteiger partial charge is 0.391 e. The van der Waals surface area contributed by atoms with E-state index in [1.165, 1.54) is 26.0 Å². The minimum atomic E-state index is -0.928. The number of aliphatic hydroxyl groups excluding tert-OH is 1. The number of aliphatic hydroxyl groups is 1. The summed E-state index contributed by atoms with van der Waals surface area (Å²) in [5.74, 6) is -0.322. The average Bonchev–Trinajstić information content (AvgIpc) is 4.24. The summed E-state index contributed by atoms with van der Waals surface area (Å²) in [5, 5.41) is 28.4. The summed E-state index contributed by atoms with van der Waals surface area (Å²) in [4.78, 5) is 56.4. The van der Waals surface area contributed by atoms with E-state index in [9.17, 15) is 19.5 Å². The number of fused-ring (bicyclic) bond motifs is 1. The molecule has 0 radical (unpaired) electrons. The third-order valence-electron chi connectivity index (χ3n) is 12.6. The number of nitrogens with zero attached hydrogens (tertiary/aromatic N) is 7. The van der Waals surface area contributed by atoms with Crippen molar-refractivity contribution in [1.29, 1.82) is 0 Å². The Bertz CT molecular complexity index is 2890. The number of alkyl halides is 1. The molecule has 0 spiro atoms. The van der Waals surface area contributed by atoms with Crippen LogP contribution in [0.3, 0.4) is 0 Å². The van der Waals surface area contributed by atoms with E-state index in [2.05, 4.69) is 76.7 Å². The lowest BCUT2D eigenvalue weighted by Gasteiger charge is -2.35. The van der Waals surface area contributed by atoms with Gasteiger partial charge in [0.15, 0.2) is 0 Å². The van der Waals surface area contributed by atoms with Crippen molar-refractivity contribution in [2.75, 3.05) is 51.4 Å². The normalized spacial score (nSPS) is 15.8. The molecule has 6 aromatic rings. The van der Waals surface area contributed by atoms with Gasteiger partial charge in [-0.15, -0.1) is 37.2 Å². The first-order chi connectivity index (χ1) is 35.9. The predicted octanol–water partition coefficient (Wildman–Crippen LogP) is 7.22. The fourth-order valence-corrected chi connectivity index (χ4v) is 11.8. The second-order valence-corrected chi connectivity index (χ2v) is 22.4. The number of rotatable bonds is 25. The van der Waals surface area contributed by atoms with Crippen molar-refractivity contribution >= 4 is 71.8 Å². The molecule has 390 valence electrons. The van der Waals surface area contributed by atoms with Crippen molar-refractivity contribution in [3.05, 3.63) is 130 Å². The van der Waals surface area contributed by atoms with Crippen LogP contribution in [-0.2, 0) is 52.7 Å². The first-order valence-corrected chi connectivity index (χ1v) is 28.6. The van der Waals surface area contributed by atoms with Gasteiger partial charge in [-0.25, -0.2) is 9.97 Å². The molecule has 17 nitrogen and oxygen atoms in total. The molecule has 2 aliphatic rings. The van der Waals surface area contributed by atoms with E-state index >= 15 is 0 Å². The van der Waals surface area contributed by atoms with Gasteiger partial charge in [0.1, 0.15) is 23.6 Å². The molecule has 19 heteroatoms. The Morgan fingerprint density at radius 2 is 1.76 bits per heavy atom. The van der Waals surface area contributed by atoms with Crippen LogP contribution in [0, 0.1) is 12.3 Å². The van der Waals surface area contributed by atoms with Crippen molar-refractivity contribution in [3.8, 4) is 21.6 Å². The Hall–Kier alpha value is -6.10. The molecule has 0 saturated carbocycles. The van der Waals surface area contributed by atoms with Crippen LogP contribution in [0.4, 0.5) is 5.82 Å². The van der Waals surface area contributed by atoms with Gasteiger partial charge in [-0.1, -0.05) is 86.7 Å². The fourth-order valence-electron chi connectivity index (χ4n) is 8.55. The zero-order valence-corrected chi connectivity index (χ0v) is 45.3. The van der Waals surface area contributed by atoms with Crippen LogP contribution < -0.4 is 16.0 Å². The summed E-state index contributed by atoms with van der Waals surface area (Å²) in [6.07, 6.45) is 11.8. The first-order valence-electron chi connectivity index (χ1n) is 24.9. The summed E-state index contributed by atoms with van der Waals surface area (Å²) in [6, 6.07) is 18.9. The number of amides is 3. The third kappa shape index (κ3) is 15.3. The minimum Gasteiger partial charge on any atom is -0.391 e. The highest BCUT2D eigenvalue weighted by Crippen LogP contribution is 2.30. The number of aryl methyl sites for hydroxylation is 2. The number of halogens is 1. The number of hydrogen-bond donors (Lipinski definition) is 4. The topological polar surface area (TPSA) is 208 Å². The zero-order valence-electron chi connectivity index (χ0n) is 42.3. The number of nitrogens with one attached hydrogen (secondary N) is 3. The molecule has 3 amide bonds. The highest BCUT2D eigenvalue weighted by molar-refractivity contribution is 14.2. The number of benzene rings is 2. The molecular weight excluding hydrogens is 1070 g/mol. The Balaban J connectivity index is 0.691. The molecule has 1 fully saturated rings. The lowest BCUT2D eigenvalue weighted by atomic mass is 9.85. The predicted molar refractivity (Wildman–Crippen MR) is 296 cm³/mol. The molecule has 8 rings (SSSR count). The second kappa shape index (κ2) is 26.4. The van der Waals surface area contributed by atoms with E-state index in [-0.39, 0.29) is 71.7 Å². The number of hydrogen-bond acceptors (Lipinski definition) is 14. The lowest BCUT2D eigenvalue weighted by molar-refractivity contribution is -0.144. The summed E-state index contributed by atoms with van der Waals surface area (Å²) in [6.45, 7) is 10.9. The van der Waals surface area contributed by atoms with Gasteiger partial charge in [-0.2, -0.15) is 0 Å². The highest BCUT2D eigenvalue weighted by Gasteiger charge is 2.44. The van der Waals surface area contributed by atoms with Crippen LogP contribution in [0.1, 0.15) is 79.2 Å². The van der Waals surface area contributed by atoms with E-state index in [1.54, 1.807) is 17.5 Å². The van der Waals surface area contributed by atoms with Gasteiger partial charge in [-0.05, 0) is 62.7 Å². The summed E-state index contributed by atoms with van der Waals surface area (Å²) < 4.78 is 22.5. The number of carbonyl (C=O) groups excluding carboxylic acids is 3. The van der Waals surface area contributed by atoms with Crippen molar-refractivity contribution in [1.82, 2.24) is 45.5 Å². The number of aromatic nitrogens is 6. The SMILES string of the molecule is Cc1ncsc1-c1ccc(CNC(=O)[C@@H]2C[C@@H](O)CN2C(=O)[C@@H](NC(=O)CCOCCOCCOCc2cn(CCCNc3ncc(-c4cccnc4)cc3/C=C/c3ccc4c(c3)CI=C4)nn2)C(C)(C)C)cc1. The van der Waals surface area contributed by atoms with Crippen LogP contribution >= 0.6 is 32.1 Å². The number of anilines is 1. The fraction of sp³-hybridized carbons (Fsp3) is 0.400.